The SMILES string of the molecule is COc1ccc(OC)c(NS(=O)(=O)c2cc(Cl)ccc2OC)c1. The molecule has 2 aromatic carbocycles. The van der Waals surface area contributed by atoms with Crippen molar-refractivity contribution in [1.82, 2.24) is 0 Å². The van der Waals surface area contributed by atoms with Crippen LogP contribution in [0, 0.1) is 0 Å². The molecule has 0 aliphatic heterocycles. The summed E-state index contributed by atoms with van der Waals surface area (Å²) in [5.74, 6) is 1.03. The van der Waals surface area contributed by atoms with E-state index in [0.717, 1.165) is 0 Å². The molecule has 0 amide bonds. The van der Waals surface area contributed by atoms with E-state index in [-0.39, 0.29) is 21.4 Å². The molecule has 0 unspecified atom stereocenters. The van der Waals surface area contributed by atoms with Crippen LogP contribution in [0.5, 0.6) is 17.2 Å². The third-order valence-corrected chi connectivity index (χ3v) is 4.69. The molecule has 0 bridgehead atoms. The molecule has 0 aromatic heterocycles. The zero-order valence-corrected chi connectivity index (χ0v) is 14.4. The third-order valence-electron chi connectivity index (χ3n) is 3.07. The van der Waals surface area contributed by atoms with Crippen molar-refractivity contribution in [2.75, 3.05) is 26.1 Å². The number of anilines is 1. The van der Waals surface area contributed by atoms with Crippen molar-refractivity contribution in [1.29, 1.82) is 0 Å². The lowest BCUT2D eigenvalue weighted by Gasteiger charge is -2.15. The van der Waals surface area contributed by atoms with Crippen molar-refractivity contribution in [2.24, 2.45) is 0 Å². The lowest BCUT2D eigenvalue weighted by molar-refractivity contribution is 0.402. The average molecular weight is 358 g/mol. The maximum atomic E-state index is 12.7. The first-order chi connectivity index (χ1) is 10.9. The fraction of sp³-hybridized carbons (Fsp3) is 0.200. The first kappa shape index (κ1) is 17.2. The molecular formula is C15H16ClNO5S. The van der Waals surface area contributed by atoms with Gasteiger partial charge in [-0.2, -0.15) is 0 Å². The quantitative estimate of drug-likeness (QED) is 0.859. The van der Waals surface area contributed by atoms with Gasteiger partial charge >= 0.3 is 0 Å². The predicted molar refractivity (Wildman–Crippen MR) is 88.4 cm³/mol. The molecule has 0 aliphatic carbocycles. The predicted octanol–water partition coefficient (Wildman–Crippen LogP) is 3.17. The van der Waals surface area contributed by atoms with Crippen LogP contribution in [0.4, 0.5) is 5.69 Å². The normalized spacial score (nSPS) is 11.0. The Hall–Kier alpha value is -2.12. The summed E-state index contributed by atoms with van der Waals surface area (Å²) in [6.45, 7) is 0. The molecule has 23 heavy (non-hydrogen) atoms. The Bertz CT molecular complexity index is 808. The summed E-state index contributed by atoms with van der Waals surface area (Å²) in [7, 11) is 0.382. The summed E-state index contributed by atoms with van der Waals surface area (Å²) < 4.78 is 43.1. The van der Waals surface area contributed by atoms with Gasteiger partial charge in [0.05, 0.1) is 27.0 Å². The van der Waals surface area contributed by atoms with Crippen molar-refractivity contribution in [3.05, 3.63) is 41.4 Å². The standard InChI is InChI=1S/C15H16ClNO5S/c1-20-11-5-7-13(21-2)12(9-11)17-23(18,19)15-8-10(16)4-6-14(15)22-3/h4-9,17H,1-3H3. The fourth-order valence-corrected chi connectivity index (χ4v) is 3.45. The van der Waals surface area contributed by atoms with E-state index in [1.54, 1.807) is 18.2 Å². The number of benzene rings is 2. The Kier molecular flexibility index (Phi) is 5.23. The van der Waals surface area contributed by atoms with E-state index in [9.17, 15) is 8.42 Å². The Morgan fingerprint density at radius 1 is 0.913 bits per heavy atom. The Morgan fingerprint density at radius 2 is 1.57 bits per heavy atom. The molecule has 0 aliphatic rings. The molecular weight excluding hydrogens is 342 g/mol. The number of methoxy groups -OCH3 is 3. The molecule has 0 saturated carbocycles. The molecule has 0 fully saturated rings. The third kappa shape index (κ3) is 3.80. The Morgan fingerprint density at radius 3 is 2.17 bits per heavy atom. The van der Waals surface area contributed by atoms with Gasteiger partial charge in [-0.25, -0.2) is 8.42 Å². The van der Waals surface area contributed by atoms with Crippen LogP contribution in [0.2, 0.25) is 5.02 Å². The maximum Gasteiger partial charge on any atom is 0.265 e. The van der Waals surface area contributed by atoms with Crippen LogP contribution in [-0.2, 0) is 10.0 Å². The lowest BCUT2D eigenvalue weighted by Crippen LogP contribution is -2.15. The van der Waals surface area contributed by atoms with Crippen LogP contribution >= 0.6 is 11.6 Å². The van der Waals surface area contributed by atoms with Crippen molar-refractivity contribution in [2.45, 2.75) is 4.90 Å². The van der Waals surface area contributed by atoms with Crippen LogP contribution in [0.25, 0.3) is 0 Å². The Labute approximate surface area is 140 Å². The highest BCUT2D eigenvalue weighted by atomic mass is 35.5. The lowest BCUT2D eigenvalue weighted by atomic mass is 10.3. The molecule has 0 heterocycles. The van der Waals surface area contributed by atoms with Crippen molar-refractivity contribution in [3.8, 4) is 17.2 Å². The number of halogens is 1. The van der Waals surface area contributed by atoms with Crippen LogP contribution in [0.1, 0.15) is 0 Å². The van der Waals surface area contributed by atoms with Gasteiger partial charge in [0.2, 0.25) is 0 Å². The Balaban J connectivity index is 2.48. The van der Waals surface area contributed by atoms with E-state index in [0.29, 0.717) is 11.5 Å². The van der Waals surface area contributed by atoms with Gasteiger partial charge in [0.1, 0.15) is 22.1 Å². The van der Waals surface area contributed by atoms with Gasteiger partial charge < -0.3 is 14.2 Å². The summed E-state index contributed by atoms with van der Waals surface area (Å²) in [6.07, 6.45) is 0. The minimum absolute atomic E-state index is 0.0719. The molecule has 1 N–H and O–H groups in total. The van der Waals surface area contributed by atoms with Gasteiger partial charge in [-0.3, -0.25) is 4.72 Å². The highest BCUT2D eigenvalue weighted by molar-refractivity contribution is 7.92. The van der Waals surface area contributed by atoms with Gasteiger partial charge in [0.15, 0.2) is 0 Å². The van der Waals surface area contributed by atoms with Gasteiger partial charge in [-0.05, 0) is 30.3 Å². The zero-order valence-electron chi connectivity index (χ0n) is 12.8. The topological polar surface area (TPSA) is 73.9 Å². The molecule has 8 heteroatoms. The van der Waals surface area contributed by atoms with E-state index >= 15 is 0 Å². The summed E-state index contributed by atoms with van der Waals surface area (Å²) in [6, 6.07) is 9.14. The molecule has 0 spiro atoms. The summed E-state index contributed by atoms with van der Waals surface area (Å²) in [5, 5.41) is 0.281. The van der Waals surface area contributed by atoms with E-state index in [4.69, 9.17) is 25.8 Å². The molecule has 0 radical (unpaired) electrons. The smallest absolute Gasteiger partial charge is 0.265 e. The van der Waals surface area contributed by atoms with E-state index in [2.05, 4.69) is 4.72 Å². The molecule has 124 valence electrons. The number of ether oxygens (including phenoxy) is 3. The fourth-order valence-electron chi connectivity index (χ4n) is 1.95. The van der Waals surface area contributed by atoms with E-state index < -0.39 is 10.0 Å². The molecule has 2 rings (SSSR count). The number of hydrogen-bond donors (Lipinski definition) is 1. The van der Waals surface area contributed by atoms with Gasteiger partial charge in [-0.1, -0.05) is 11.6 Å². The molecule has 0 saturated heterocycles. The van der Waals surface area contributed by atoms with Gasteiger partial charge in [0, 0.05) is 11.1 Å². The highest BCUT2D eigenvalue weighted by Gasteiger charge is 2.22. The molecule has 2 aromatic rings. The maximum absolute atomic E-state index is 12.7. The largest absolute Gasteiger partial charge is 0.497 e. The zero-order chi connectivity index (χ0) is 17.0. The monoisotopic (exact) mass is 357 g/mol. The van der Waals surface area contributed by atoms with Crippen LogP contribution < -0.4 is 18.9 Å². The molecule has 0 atom stereocenters. The number of nitrogens with one attached hydrogen (secondary N) is 1. The van der Waals surface area contributed by atoms with Gasteiger partial charge in [0.25, 0.3) is 10.0 Å². The minimum Gasteiger partial charge on any atom is -0.497 e. The number of sulfonamides is 1. The second kappa shape index (κ2) is 6.97. The molecule has 6 nitrogen and oxygen atoms in total. The van der Waals surface area contributed by atoms with Crippen LogP contribution in [0.15, 0.2) is 41.3 Å². The summed E-state index contributed by atoms with van der Waals surface area (Å²) >= 11 is 5.90. The first-order valence-corrected chi connectivity index (χ1v) is 8.35. The first-order valence-electron chi connectivity index (χ1n) is 6.49. The van der Waals surface area contributed by atoms with E-state index in [1.165, 1.54) is 39.5 Å². The van der Waals surface area contributed by atoms with Crippen LogP contribution in [-0.4, -0.2) is 29.7 Å². The van der Waals surface area contributed by atoms with Crippen molar-refractivity contribution in [3.63, 3.8) is 0 Å². The number of hydrogen-bond acceptors (Lipinski definition) is 5. The summed E-state index contributed by atoms with van der Waals surface area (Å²) in [4.78, 5) is -0.0719. The minimum atomic E-state index is -3.93. The highest BCUT2D eigenvalue weighted by Crippen LogP contribution is 2.33. The van der Waals surface area contributed by atoms with E-state index in [1.807, 2.05) is 0 Å². The summed E-state index contributed by atoms with van der Waals surface area (Å²) in [5.41, 5.74) is 0.244. The average Bonchev–Trinajstić information content (AvgIpc) is 2.54. The van der Waals surface area contributed by atoms with Crippen molar-refractivity contribution >= 4 is 27.3 Å². The second-order valence-corrected chi connectivity index (χ2v) is 6.55. The van der Waals surface area contributed by atoms with Gasteiger partial charge in [-0.15, -0.1) is 0 Å². The van der Waals surface area contributed by atoms with Crippen molar-refractivity contribution < 1.29 is 22.6 Å². The number of rotatable bonds is 6. The second-order valence-electron chi connectivity index (χ2n) is 4.47. The van der Waals surface area contributed by atoms with Crippen LogP contribution in [0.3, 0.4) is 0 Å².